The fourth-order valence-corrected chi connectivity index (χ4v) is 2.72. The fourth-order valence-electron chi connectivity index (χ4n) is 2.72. The molecule has 0 atom stereocenters. The summed E-state index contributed by atoms with van der Waals surface area (Å²) in [6.07, 6.45) is 12.0. The number of amides is 1. The first kappa shape index (κ1) is 14.7. The summed E-state index contributed by atoms with van der Waals surface area (Å²) in [4.78, 5) is 14.0. The monoisotopic (exact) mass is 299 g/mol. The quantitative estimate of drug-likeness (QED) is 0.634. The van der Waals surface area contributed by atoms with Gasteiger partial charge in [0.25, 0.3) is 0 Å². The van der Waals surface area contributed by atoms with Crippen LogP contribution in [-0.2, 0) is 4.79 Å². The topological polar surface area (TPSA) is 38.8 Å². The Hall–Kier alpha value is -2.23. The molecule has 1 saturated heterocycles. The summed E-state index contributed by atoms with van der Waals surface area (Å²) >= 11 is 0. The lowest BCUT2D eigenvalue weighted by Crippen LogP contribution is -2.30. The largest absolute Gasteiger partial charge is 0.454 e. The van der Waals surface area contributed by atoms with E-state index in [0.717, 1.165) is 43.0 Å². The number of fused-ring (bicyclic) bond motifs is 1. The molecule has 1 amide bonds. The minimum atomic E-state index is 0.109. The fraction of sp³-hybridized carbons (Fsp3) is 0.389. The van der Waals surface area contributed by atoms with Crippen LogP contribution < -0.4 is 9.47 Å². The lowest BCUT2D eigenvalue weighted by molar-refractivity contribution is -0.125. The molecule has 0 N–H and O–H groups in total. The molecule has 4 heteroatoms. The van der Waals surface area contributed by atoms with E-state index in [9.17, 15) is 4.79 Å². The molecule has 4 nitrogen and oxygen atoms in total. The molecule has 116 valence electrons. The smallest absolute Gasteiger partial charge is 0.246 e. The van der Waals surface area contributed by atoms with Crippen molar-refractivity contribution in [3.05, 3.63) is 42.0 Å². The van der Waals surface area contributed by atoms with Crippen molar-refractivity contribution >= 4 is 12.0 Å². The Morgan fingerprint density at radius 1 is 1.00 bits per heavy atom. The van der Waals surface area contributed by atoms with Gasteiger partial charge in [-0.1, -0.05) is 37.1 Å². The lowest BCUT2D eigenvalue weighted by atomic mass is 10.2. The minimum Gasteiger partial charge on any atom is -0.454 e. The van der Waals surface area contributed by atoms with Gasteiger partial charge < -0.3 is 14.4 Å². The van der Waals surface area contributed by atoms with Crippen molar-refractivity contribution in [2.45, 2.75) is 25.7 Å². The van der Waals surface area contributed by atoms with Crippen molar-refractivity contribution in [2.75, 3.05) is 19.9 Å². The van der Waals surface area contributed by atoms with Gasteiger partial charge in [-0.05, 0) is 30.5 Å². The van der Waals surface area contributed by atoms with E-state index in [1.54, 1.807) is 12.2 Å². The second-order valence-electron chi connectivity index (χ2n) is 5.57. The summed E-state index contributed by atoms with van der Waals surface area (Å²) in [5.41, 5.74) is 1.02. The molecule has 1 fully saturated rings. The lowest BCUT2D eigenvalue weighted by Gasteiger charge is -2.17. The van der Waals surface area contributed by atoms with E-state index >= 15 is 0 Å². The highest BCUT2D eigenvalue weighted by molar-refractivity contribution is 5.88. The van der Waals surface area contributed by atoms with Crippen LogP contribution in [0.25, 0.3) is 6.08 Å². The van der Waals surface area contributed by atoms with Crippen LogP contribution in [0.4, 0.5) is 0 Å². The van der Waals surface area contributed by atoms with Gasteiger partial charge in [0.1, 0.15) is 0 Å². The molecular formula is C18H21NO3. The second-order valence-corrected chi connectivity index (χ2v) is 5.57. The van der Waals surface area contributed by atoms with Crippen LogP contribution in [0.2, 0.25) is 0 Å². The van der Waals surface area contributed by atoms with Crippen molar-refractivity contribution in [1.82, 2.24) is 4.90 Å². The van der Waals surface area contributed by atoms with Gasteiger partial charge in [-0.15, -0.1) is 0 Å². The highest BCUT2D eigenvalue weighted by Crippen LogP contribution is 2.32. The first-order valence-corrected chi connectivity index (χ1v) is 7.86. The zero-order valence-corrected chi connectivity index (χ0v) is 12.7. The first-order chi connectivity index (χ1) is 10.8. The van der Waals surface area contributed by atoms with E-state index in [4.69, 9.17) is 9.47 Å². The number of ether oxygens (including phenoxy) is 2. The van der Waals surface area contributed by atoms with Gasteiger partial charge in [-0.25, -0.2) is 0 Å². The van der Waals surface area contributed by atoms with E-state index < -0.39 is 0 Å². The third-order valence-electron chi connectivity index (χ3n) is 3.95. The Bertz CT molecular complexity index is 584. The maximum Gasteiger partial charge on any atom is 0.246 e. The van der Waals surface area contributed by atoms with Crippen molar-refractivity contribution < 1.29 is 14.3 Å². The van der Waals surface area contributed by atoms with Crippen LogP contribution >= 0.6 is 0 Å². The average Bonchev–Trinajstić information content (AvgIpc) is 2.82. The van der Waals surface area contributed by atoms with Gasteiger partial charge in [0.15, 0.2) is 11.5 Å². The van der Waals surface area contributed by atoms with E-state index in [-0.39, 0.29) is 12.7 Å². The summed E-state index contributed by atoms with van der Waals surface area (Å²) in [5, 5.41) is 0. The molecule has 0 saturated carbocycles. The normalized spacial score (nSPS) is 18.1. The molecule has 1 aromatic carbocycles. The summed E-state index contributed by atoms with van der Waals surface area (Å²) in [7, 11) is 0. The SMILES string of the molecule is O=C(/C=C/C=C/c1ccc2c(c1)OCO2)N1CCCCCC1. The van der Waals surface area contributed by atoms with Crippen LogP contribution in [0.1, 0.15) is 31.2 Å². The van der Waals surface area contributed by atoms with E-state index in [1.807, 2.05) is 35.3 Å². The number of allylic oxidation sites excluding steroid dienone is 2. The molecule has 2 heterocycles. The highest BCUT2D eigenvalue weighted by atomic mass is 16.7. The Balaban J connectivity index is 1.55. The predicted molar refractivity (Wildman–Crippen MR) is 85.8 cm³/mol. The highest BCUT2D eigenvalue weighted by Gasteiger charge is 2.13. The molecule has 1 aromatic rings. The molecule has 0 aliphatic carbocycles. The van der Waals surface area contributed by atoms with E-state index in [1.165, 1.54) is 12.8 Å². The number of carbonyl (C=O) groups excluding carboxylic acids is 1. The average molecular weight is 299 g/mol. The predicted octanol–water partition coefficient (Wildman–Crippen LogP) is 3.39. The van der Waals surface area contributed by atoms with Crippen LogP contribution in [-0.4, -0.2) is 30.7 Å². The number of carbonyl (C=O) groups is 1. The summed E-state index contributed by atoms with van der Waals surface area (Å²) in [6, 6.07) is 5.80. The van der Waals surface area contributed by atoms with E-state index in [2.05, 4.69) is 0 Å². The standard InChI is InChI=1S/C18H21NO3/c20-18(19-11-5-1-2-6-12-19)8-4-3-7-15-9-10-16-17(13-15)22-14-21-16/h3-4,7-10,13H,1-2,5-6,11-12,14H2/b7-3+,8-4+. The molecule has 0 bridgehead atoms. The van der Waals surface area contributed by atoms with Gasteiger partial charge in [-0.2, -0.15) is 0 Å². The molecule has 2 aliphatic rings. The number of hydrogen-bond donors (Lipinski definition) is 0. The van der Waals surface area contributed by atoms with E-state index in [0.29, 0.717) is 0 Å². The zero-order valence-electron chi connectivity index (χ0n) is 12.7. The Morgan fingerprint density at radius 3 is 2.59 bits per heavy atom. The molecule has 0 aromatic heterocycles. The third-order valence-corrected chi connectivity index (χ3v) is 3.95. The van der Waals surface area contributed by atoms with Crippen molar-refractivity contribution in [1.29, 1.82) is 0 Å². The van der Waals surface area contributed by atoms with Crippen molar-refractivity contribution in [3.63, 3.8) is 0 Å². The van der Waals surface area contributed by atoms with Crippen LogP contribution in [0.5, 0.6) is 11.5 Å². The summed E-state index contributed by atoms with van der Waals surface area (Å²) in [6.45, 7) is 2.05. The Morgan fingerprint density at radius 2 is 1.77 bits per heavy atom. The minimum absolute atomic E-state index is 0.109. The molecule has 2 aliphatic heterocycles. The Labute approximate surface area is 131 Å². The zero-order chi connectivity index (χ0) is 15.2. The van der Waals surface area contributed by atoms with Crippen LogP contribution in [0, 0.1) is 0 Å². The molecule has 0 unspecified atom stereocenters. The van der Waals surface area contributed by atoms with Crippen LogP contribution in [0.3, 0.4) is 0 Å². The summed E-state index contributed by atoms with van der Waals surface area (Å²) < 4.78 is 10.6. The maximum atomic E-state index is 12.1. The molecule has 0 spiro atoms. The number of likely N-dealkylation sites (tertiary alicyclic amines) is 1. The van der Waals surface area contributed by atoms with Gasteiger partial charge >= 0.3 is 0 Å². The second kappa shape index (κ2) is 7.16. The van der Waals surface area contributed by atoms with Crippen molar-refractivity contribution in [2.24, 2.45) is 0 Å². The number of hydrogen-bond acceptors (Lipinski definition) is 3. The number of nitrogens with zero attached hydrogens (tertiary/aromatic N) is 1. The number of rotatable bonds is 3. The molecular weight excluding hydrogens is 278 g/mol. The van der Waals surface area contributed by atoms with Crippen molar-refractivity contribution in [3.8, 4) is 11.5 Å². The van der Waals surface area contributed by atoms with Crippen LogP contribution in [0.15, 0.2) is 36.4 Å². The Kier molecular flexibility index (Phi) is 4.78. The van der Waals surface area contributed by atoms with Gasteiger partial charge in [0.2, 0.25) is 12.7 Å². The third kappa shape index (κ3) is 3.70. The molecule has 0 radical (unpaired) electrons. The molecule has 3 rings (SSSR count). The maximum absolute atomic E-state index is 12.1. The van der Waals surface area contributed by atoms with Gasteiger partial charge in [0.05, 0.1) is 0 Å². The molecule has 22 heavy (non-hydrogen) atoms. The number of benzene rings is 1. The van der Waals surface area contributed by atoms with Gasteiger partial charge in [0, 0.05) is 19.2 Å². The van der Waals surface area contributed by atoms with Gasteiger partial charge in [-0.3, -0.25) is 4.79 Å². The first-order valence-electron chi connectivity index (χ1n) is 7.86. The summed E-state index contributed by atoms with van der Waals surface area (Å²) in [5.74, 6) is 1.66.